The summed E-state index contributed by atoms with van der Waals surface area (Å²) in [7, 11) is 0. The molecule has 0 amide bonds. The van der Waals surface area contributed by atoms with Crippen LogP contribution in [0.25, 0.3) is 0 Å². The number of nitrogens with one attached hydrogen (secondary N) is 1. The van der Waals surface area contributed by atoms with Crippen molar-refractivity contribution < 1.29 is 4.74 Å². The number of aromatic nitrogens is 1. The lowest BCUT2D eigenvalue weighted by Gasteiger charge is -2.09. The maximum Gasteiger partial charge on any atom is 0.146 e. The first-order chi connectivity index (χ1) is 12.8. The second-order valence-corrected chi connectivity index (χ2v) is 7.10. The van der Waals surface area contributed by atoms with Gasteiger partial charge >= 0.3 is 0 Å². The summed E-state index contributed by atoms with van der Waals surface area (Å²) in [6.07, 6.45) is 12.5. The topological polar surface area (TPSA) is 46.5 Å². The summed E-state index contributed by atoms with van der Waals surface area (Å²) in [6.45, 7) is 3.01. The monoisotopic (exact) mass is 417 g/mol. The highest BCUT2D eigenvalue weighted by Crippen LogP contribution is 2.26. The Morgan fingerprint density at radius 3 is 2.62 bits per heavy atom. The van der Waals surface area contributed by atoms with Crippen LogP contribution in [0.3, 0.4) is 0 Å². The van der Waals surface area contributed by atoms with Gasteiger partial charge in [0, 0.05) is 6.20 Å². The van der Waals surface area contributed by atoms with Crippen LogP contribution >= 0.6 is 15.9 Å². The van der Waals surface area contributed by atoms with Crippen molar-refractivity contribution in [1.82, 2.24) is 4.98 Å². The fourth-order valence-electron chi connectivity index (χ4n) is 2.56. The highest BCUT2D eigenvalue weighted by Gasteiger charge is 2.02. The predicted molar refractivity (Wildman–Crippen MR) is 113 cm³/mol. The quantitative estimate of drug-likeness (QED) is 0.246. The van der Waals surface area contributed by atoms with E-state index in [4.69, 9.17) is 4.74 Å². The molecule has 0 bridgehead atoms. The van der Waals surface area contributed by atoms with Crippen LogP contribution < -0.4 is 10.2 Å². The normalized spacial score (nSPS) is 11.0. The van der Waals surface area contributed by atoms with E-state index in [2.05, 4.69) is 38.4 Å². The summed E-state index contributed by atoms with van der Waals surface area (Å²) in [5.74, 6) is 1.60. The van der Waals surface area contributed by atoms with Crippen LogP contribution in [0.1, 0.15) is 57.4 Å². The van der Waals surface area contributed by atoms with Crippen molar-refractivity contribution >= 4 is 28.0 Å². The second-order valence-electron chi connectivity index (χ2n) is 6.24. The molecule has 0 saturated heterocycles. The molecule has 1 heterocycles. The number of nitrogens with zero attached hydrogens (tertiary/aromatic N) is 2. The molecular weight excluding hydrogens is 390 g/mol. The van der Waals surface area contributed by atoms with E-state index in [1.807, 2.05) is 36.4 Å². The molecule has 5 heteroatoms. The molecule has 1 aromatic carbocycles. The predicted octanol–water partition coefficient (Wildman–Crippen LogP) is 6.42. The Bertz CT molecular complexity index is 662. The van der Waals surface area contributed by atoms with Gasteiger partial charge in [0.05, 0.1) is 17.3 Å². The molecule has 26 heavy (non-hydrogen) atoms. The zero-order valence-corrected chi connectivity index (χ0v) is 17.0. The molecular formula is C21H28BrN3O. The van der Waals surface area contributed by atoms with E-state index in [0.717, 1.165) is 34.6 Å². The smallest absolute Gasteiger partial charge is 0.146 e. The fourth-order valence-corrected chi connectivity index (χ4v) is 3.07. The van der Waals surface area contributed by atoms with Gasteiger partial charge in [-0.15, -0.1) is 0 Å². The molecule has 0 saturated carbocycles. The Kier molecular flexibility index (Phi) is 9.80. The van der Waals surface area contributed by atoms with E-state index in [-0.39, 0.29) is 0 Å². The molecule has 0 fully saturated rings. The van der Waals surface area contributed by atoms with Crippen LogP contribution in [0, 0.1) is 0 Å². The molecule has 4 nitrogen and oxygen atoms in total. The van der Waals surface area contributed by atoms with Gasteiger partial charge in [0.1, 0.15) is 11.6 Å². The van der Waals surface area contributed by atoms with Gasteiger partial charge in [-0.2, -0.15) is 5.10 Å². The van der Waals surface area contributed by atoms with Crippen molar-refractivity contribution in [3.63, 3.8) is 0 Å². The molecule has 2 rings (SSSR count). The molecule has 0 aliphatic rings. The van der Waals surface area contributed by atoms with E-state index in [1.165, 1.54) is 38.5 Å². The van der Waals surface area contributed by atoms with E-state index >= 15 is 0 Å². The van der Waals surface area contributed by atoms with E-state index in [0.29, 0.717) is 0 Å². The van der Waals surface area contributed by atoms with Crippen molar-refractivity contribution in [2.24, 2.45) is 5.10 Å². The van der Waals surface area contributed by atoms with Crippen LogP contribution in [0.4, 0.5) is 5.82 Å². The number of hydrogen-bond acceptors (Lipinski definition) is 4. The van der Waals surface area contributed by atoms with Crippen molar-refractivity contribution in [3.8, 4) is 5.75 Å². The van der Waals surface area contributed by atoms with Crippen LogP contribution in [-0.4, -0.2) is 17.8 Å². The van der Waals surface area contributed by atoms with Crippen LogP contribution in [-0.2, 0) is 0 Å². The van der Waals surface area contributed by atoms with Crippen molar-refractivity contribution in [2.75, 3.05) is 12.0 Å². The number of rotatable bonds is 12. The first kappa shape index (κ1) is 20.4. The van der Waals surface area contributed by atoms with Crippen molar-refractivity contribution in [1.29, 1.82) is 0 Å². The lowest BCUT2D eigenvalue weighted by molar-refractivity contribution is 0.302. The Labute approximate surface area is 165 Å². The Hall–Kier alpha value is -1.88. The van der Waals surface area contributed by atoms with Gasteiger partial charge in [-0.1, -0.05) is 51.5 Å². The summed E-state index contributed by atoms with van der Waals surface area (Å²) in [4.78, 5) is 4.16. The molecule has 0 aliphatic heterocycles. The minimum absolute atomic E-state index is 0.720. The van der Waals surface area contributed by atoms with Crippen molar-refractivity contribution in [3.05, 3.63) is 52.6 Å². The highest BCUT2D eigenvalue weighted by molar-refractivity contribution is 9.10. The van der Waals surface area contributed by atoms with E-state index in [9.17, 15) is 0 Å². The Morgan fingerprint density at radius 2 is 1.88 bits per heavy atom. The zero-order chi connectivity index (χ0) is 18.5. The number of anilines is 1. The van der Waals surface area contributed by atoms with Gasteiger partial charge in [0.15, 0.2) is 0 Å². The van der Waals surface area contributed by atoms with Gasteiger partial charge in [-0.25, -0.2) is 4.98 Å². The highest BCUT2D eigenvalue weighted by atomic mass is 79.9. The number of ether oxygens (including phenoxy) is 1. The number of pyridine rings is 1. The molecule has 1 aromatic heterocycles. The average molecular weight is 418 g/mol. The average Bonchev–Trinajstić information content (AvgIpc) is 2.66. The van der Waals surface area contributed by atoms with Gasteiger partial charge < -0.3 is 4.74 Å². The SMILES string of the molecule is CCCCCCCCCOc1ccc(/C=N/Nc2ccccn2)cc1Br. The molecule has 0 unspecified atom stereocenters. The maximum atomic E-state index is 5.88. The Balaban J connectivity index is 1.69. The number of hydrazone groups is 1. The Morgan fingerprint density at radius 1 is 1.08 bits per heavy atom. The summed E-state index contributed by atoms with van der Waals surface area (Å²) in [5, 5.41) is 4.20. The molecule has 140 valence electrons. The van der Waals surface area contributed by atoms with Gasteiger partial charge in [-0.3, -0.25) is 5.43 Å². The van der Waals surface area contributed by atoms with E-state index < -0.39 is 0 Å². The summed E-state index contributed by atoms with van der Waals surface area (Å²) < 4.78 is 6.82. The first-order valence-corrected chi connectivity index (χ1v) is 10.2. The lowest BCUT2D eigenvalue weighted by atomic mass is 10.1. The van der Waals surface area contributed by atoms with Gasteiger partial charge in [-0.05, 0) is 58.2 Å². The van der Waals surface area contributed by atoms with E-state index in [1.54, 1.807) is 12.4 Å². The second kappa shape index (κ2) is 12.5. The maximum absolute atomic E-state index is 5.88. The van der Waals surface area contributed by atoms with Crippen LogP contribution in [0.2, 0.25) is 0 Å². The summed E-state index contributed by atoms with van der Waals surface area (Å²) in [5.41, 5.74) is 3.89. The van der Waals surface area contributed by atoms with Crippen LogP contribution in [0.5, 0.6) is 5.75 Å². The molecule has 0 spiro atoms. The standard InChI is InChI=1S/C21H28BrN3O/c1-2-3-4-5-6-7-10-15-26-20-13-12-18(16-19(20)22)17-24-25-21-11-8-9-14-23-21/h8-9,11-14,16-17H,2-7,10,15H2,1H3,(H,23,25)/b24-17+. The minimum atomic E-state index is 0.720. The number of halogens is 1. The third kappa shape index (κ3) is 8.00. The fraction of sp³-hybridized carbons (Fsp3) is 0.429. The molecule has 0 radical (unpaired) electrons. The number of benzene rings is 1. The lowest BCUT2D eigenvalue weighted by Crippen LogP contribution is -1.98. The minimum Gasteiger partial charge on any atom is -0.492 e. The number of unbranched alkanes of at least 4 members (excludes halogenated alkanes) is 6. The molecule has 0 atom stereocenters. The third-order valence-corrected chi connectivity index (χ3v) is 4.64. The van der Waals surface area contributed by atoms with Gasteiger partial charge in [0.25, 0.3) is 0 Å². The summed E-state index contributed by atoms with van der Waals surface area (Å²) in [6, 6.07) is 11.6. The number of hydrogen-bond donors (Lipinski definition) is 1. The third-order valence-electron chi connectivity index (χ3n) is 4.02. The molecule has 1 N–H and O–H groups in total. The first-order valence-electron chi connectivity index (χ1n) is 9.42. The zero-order valence-electron chi connectivity index (χ0n) is 15.5. The largest absolute Gasteiger partial charge is 0.492 e. The molecule has 0 aliphatic carbocycles. The van der Waals surface area contributed by atoms with Crippen molar-refractivity contribution in [2.45, 2.75) is 51.9 Å². The molecule has 2 aromatic rings. The van der Waals surface area contributed by atoms with Gasteiger partial charge in [0.2, 0.25) is 0 Å². The summed E-state index contributed by atoms with van der Waals surface area (Å²) >= 11 is 3.58. The van der Waals surface area contributed by atoms with Crippen LogP contribution in [0.15, 0.2) is 52.2 Å².